The van der Waals surface area contributed by atoms with Crippen LogP contribution in [-0.4, -0.2) is 10.9 Å². The third-order valence-corrected chi connectivity index (χ3v) is 4.12. The SMILES string of the molecule is CCc1ccc(C(C)NC(=O)Cc2oc(C(C)(C)C)nc2C)cc1. The van der Waals surface area contributed by atoms with Crippen molar-refractivity contribution >= 4 is 5.91 Å². The summed E-state index contributed by atoms with van der Waals surface area (Å²) in [7, 11) is 0. The van der Waals surface area contributed by atoms with Gasteiger partial charge in [-0.25, -0.2) is 4.98 Å². The molecule has 0 aliphatic carbocycles. The molecule has 2 rings (SSSR count). The van der Waals surface area contributed by atoms with Crippen LogP contribution in [0.15, 0.2) is 28.7 Å². The minimum absolute atomic E-state index is 0.0336. The van der Waals surface area contributed by atoms with Crippen LogP contribution in [0.5, 0.6) is 0 Å². The Morgan fingerprint density at radius 3 is 2.38 bits per heavy atom. The largest absolute Gasteiger partial charge is 0.444 e. The van der Waals surface area contributed by atoms with Gasteiger partial charge in [-0.1, -0.05) is 52.0 Å². The summed E-state index contributed by atoms with van der Waals surface area (Å²) in [6, 6.07) is 8.32. The molecule has 130 valence electrons. The standard InChI is InChI=1S/C20H28N2O2/c1-7-15-8-10-16(11-9-15)13(2)21-18(23)12-17-14(3)22-19(24-17)20(4,5)6/h8-11,13H,7,12H2,1-6H3,(H,21,23). The summed E-state index contributed by atoms with van der Waals surface area (Å²) in [5, 5.41) is 3.03. The highest BCUT2D eigenvalue weighted by molar-refractivity contribution is 5.78. The highest BCUT2D eigenvalue weighted by atomic mass is 16.4. The molecule has 1 unspecified atom stereocenters. The molecule has 4 heteroatoms. The van der Waals surface area contributed by atoms with Gasteiger partial charge in [0.25, 0.3) is 0 Å². The molecule has 4 nitrogen and oxygen atoms in total. The molecule has 1 atom stereocenters. The average Bonchev–Trinajstić information content (AvgIpc) is 2.88. The van der Waals surface area contributed by atoms with Crippen LogP contribution in [0.2, 0.25) is 0 Å². The monoisotopic (exact) mass is 328 g/mol. The van der Waals surface area contributed by atoms with E-state index >= 15 is 0 Å². The average molecular weight is 328 g/mol. The molecule has 2 aromatic rings. The first kappa shape index (κ1) is 18.2. The summed E-state index contributed by atoms with van der Waals surface area (Å²) in [6.07, 6.45) is 1.23. The number of carbonyl (C=O) groups is 1. The van der Waals surface area contributed by atoms with Crippen molar-refractivity contribution in [1.29, 1.82) is 0 Å². The molecule has 0 aliphatic heterocycles. The number of nitrogens with one attached hydrogen (secondary N) is 1. The van der Waals surface area contributed by atoms with Gasteiger partial charge in [0.05, 0.1) is 18.2 Å². The van der Waals surface area contributed by atoms with Crippen molar-refractivity contribution in [2.75, 3.05) is 0 Å². The Morgan fingerprint density at radius 1 is 1.25 bits per heavy atom. The summed E-state index contributed by atoms with van der Waals surface area (Å²) < 4.78 is 5.80. The number of benzene rings is 1. The summed E-state index contributed by atoms with van der Waals surface area (Å²) in [6.45, 7) is 12.1. The summed E-state index contributed by atoms with van der Waals surface area (Å²) in [5.74, 6) is 1.26. The van der Waals surface area contributed by atoms with E-state index in [-0.39, 0.29) is 23.8 Å². The Bertz CT molecular complexity index is 693. The highest BCUT2D eigenvalue weighted by Gasteiger charge is 2.23. The molecule has 1 N–H and O–H groups in total. The van der Waals surface area contributed by atoms with Gasteiger partial charge >= 0.3 is 0 Å². The Morgan fingerprint density at radius 2 is 1.88 bits per heavy atom. The van der Waals surface area contributed by atoms with Crippen molar-refractivity contribution in [1.82, 2.24) is 10.3 Å². The predicted molar refractivity (Wildman–Crippen MR) is 96.0 cm³/mol. The van der Waals surface area contributed by atoms with E-state index in [2.05, 4.69) is 41.5 Å². The van der Waals surface area contributed by atoms with E-state index < -0.39 is 0 Å². The molecule has 0 aliphatic rings. The number of oxazole rings is 1. The van der Waals surface area contributed by atoms with Gasteiger partial charge in [-0.3, -0.25) is 4.79 Å². The summed E-state index contributed by atoms with van der Waals surface area (Å²) in [5.41, 5.74) is 3.03. The fraction of sp³-hybridized carbons (Fsp3) is 0.500. The smallest absolute Gasteiger partial charge is 0.228 e. The number of carbonyl (C=O) groups excluding carboxylic acids is 1. The quantitative estimate of drug-likeness (QED) is 0.892. The first-order valence-corrected chi connectivity index (χ1v) is 8.55. The van der Waals surface area contributed by atoms with Gasteiger partial charge < -0.3 is 9.73 Å². The lowest BCUT2D eigenvalue weighted by atomic mass is 9.97. The Balaban J connectivity index is 2.01. The fourth-order valence-electron chi connectivity index (χ4n) is 2.48. The topological polar surface area (TPSA) is 55.1 Å². The van der Waals surface area contributed by atoms with Gasteiger partial charge in [-0.15, -0.1) is 0 Å². The molecule has 1 aromatic heterocycles. The number of aromatic nitrogens is 1. The van der Waals surface area contributed by atoms with Gasteiger partial charge in [0.15, 0.2) is 5.89 Å². The number of rotatable bonds is 5. The van der Waals surface area contributed by atoms with Gasteiger partial charge in [0, 0.05) is 5.41 Å². The zero-order valence-corrected chi connectivity index (χ0v) is 15.6. The first-order chi connectivity index (χ1) is 11.2. The van der Waals surface area contributed by atoms with E-state index in [1.54, 1.807) is 0 Å². The lowest BCUT2D eigenvalue weighted by molar-refractivity contribution is -0.121. The third kappa shape index (κ3) is 4.47. The van der Waals surface area contributed by atoms with Crippen LogP contribution < -0.4 is 5.32 Å². The Labute approximate surface area is 144 Å². The van der Waals surface area contributed by atoms with E-state index in [1.165, 1.54) is 5.56 Å². The molecule has 0 saturated heterocycles. The molecule has 0 fully saturated rings. The molecule has 0 bridgehead atoms. The van der Waals surface area contributed by atoms with Gasteiger partial charge in [0.2, 0.25) is 5.91 Å². The minimum Gasteiger partial charge on any atom is -0.444 e. The zero-order chi connectivity index (χ0) is 17.9. The van der Waals surface area contributed by atoms with E-state index in [9.17, 15) is 4.79 Å². The van der Waals surface area contributed by atoms with E-state index in [0.29, 0.717) is 11.7 Å². The lowest BCUT2D eigenvalue weighted by Gasteiger charge is -2.15. The summed E-state index contributed by atoms with van der Waals surface area (Å²) >= 11 is 0. The number of hydrogen-bond acceptors (Lipinski definition) is 3. The Kier molecular flexibility index (Phi) is 5.47. The van der Waals surface area contributed by atoms with Crippen LogP contribution in [0.4, 0.5) is 0 Å². The second-order valence-electron chi connectivity index (χ2n) is 7.34. The van der Waals surface area contributed by atoms with Crippen LogP contribution >= 0.6 is 0 Å². The van der Waals surface area contributed by atoms with Crippen LogP contribution in [0.25, 0.3) is 0 Å². The maximum atomic E-state index is 12.3. The van der Waals surface area contributed by atoms with Gasteiger partial charge in [-0.05, 0) is 31.4 Å². The van der Waals surface area contributed by atoms with E-state index in [4.69, 9.17) is 4.42 Å². The zero-order valence-electron chi connectivity index (χ0n) is 15.6. The molecular weight excluding hydrogens is 300 g/mol. The van der Waals surface area contributed by atoms with Crippen molar-refractivity contribution in [3.63, 3.8) is 0 Å². The molecular formula is C20H28N2O2. The van der Waals surface area contributed by atoms with Crippen molar-refractivity contribution in [2.45, 2.75) is 65.8 Å². The fourth-order valence-corrected chi connectivity index (χ4v) is 2.48. The maximum Gasteiger partial charge on any atom is 0.228 e. The molecule has 1 amide bonds. The third-order valence-electron chi connectivity index (χ3n) is 4.12. The lowest BCUT2D eigenvalue weighted by Crippen LogP contribution is -2.28. The number of amides is 1. The van der Waals surface area contributed by atoms with E-state index in [0.717, 1.165) is 17.7 Å². The minimum atomic E-state index is -0.159. The molecule has 1 aromatic carbocycles. The van der Waals surface area contributed by atoms with Crippen LogP contribution in [0.3, 0.4) is 0 Å². The molecule has 0 radical (unpaired) electrons. The van der Waals surface area contributed by atoms with Crippen LogP contribution in [0.1, 0.15) is 69.1 Å². The number of aryl methyl sites for hydroxylation is 2. The van der Waals surface area contributed by atoms with E-state index in [1.807, 2.05) is 34.6 Å². The van der Waals surface area contributed by atoms with Crippen molar-refractivity contribution in [3.8, 4) is 0 Å². The van der Waals surface area contributed by atoms with Gasteiger partial charge in [-0.2, -0.15) is 0 Å². The molecule has 1 heterocycles. The second-order valence-corrected chi connectivity index (χ2v) is 7.34. The van der Waals surface area contributed by atoms with Crippen molar-refractivity contribution in [2.24, 2.45) is 0 Å². The van der Waals surface area contributed by atoms with Crippen LogP contribution in [-0.2, 0) is 23.1 Å². The Hall–Kier alpha value is -2.10. The van der Waals surface area contributed by atoms with Crippen molar-refractivity contribution < 1.29 is 9.21 Å². The number of hydrogen-bond donors (Lipinski definition) is 1. The first-order valence-electron chi connectivity index (χ1n) is 8.55. The number of nitrogens with zero attached hydrogens (tertiary/aromatic N) is 1. The summed E-state index contributed by atoms with van der Waals surface area (Å²) in [4.78, 5) is 16.8. The van der Waals surface area contributed by atoms with Gasteiger partial charge in [0.1, 0.15) is 5.76 Å². The maximum absolute atomic E-state index is 12.3. The van der Waals surface area contributed by atoms with Crippen molar-refractivity contribution in [3.05, 3.63) is 52.7 Å². The normalized spacial score (nSPS) is 12.9. The predicted octanol–water partition coefficient (Wildman–Crippen LogP) is 4.26. The molecule has 24 heavy (non-hydrogen) atoms. The molecule has 0 spiro atoms. The highest BCUT2D eigenvalue weighted by Crippen LogP contribution is 2.24. The molecule has 0 saturated carbocycles. The van der Waals surface area contributed by atoms with Crippen LogP contribution in [0, 0.1) is 6.92 Å². The second kappa shape index (κ2) is 7.20.